The Morgan fingerprint density at radius 1 is 1.44 bits per heavy atom. The Kier molecular flexibility index (Phi) is 3.32. The summed E-state index contributed by atoms with van der Waals surface area (Å²) in [4.78, 5) is 2.11. The summed E-state index contributed by atoms with van der Waals surface area (Å²) in [5.41, 5.74) is 6.72. The molecule has 2 N–H and O–H groups in total. The standard InChI is InChI=1S/C13H19FN2/c1-2-16(9-10-4-3-5-10)13-7-6-11(15)8-12(13)14/h6-8,10H,2-5,9,15H2,1H3. The van der Waals surface area contributed by atoms with Crippen molar-refractivity contribution in [1.29, 1.82) is 0 Å². The van der Waals surface area contributed by atoms with Gasteiger partial charge in [-0.05, 0) is 43.9 Å². The molecule has 0 amide bonds. The lowest BCUT2D eigenvalue weighted by Gasteiger charge is -2.33. The van der Waals surface area contributed by atoms with Gasteiger partial charge in [0, 0.05) is 18.8 Å². The van der Waals surface area contributed by atoms with Crippen LogP contribution >= 0.6 is 0 Å². The number of nitrogen functional groups attached to an aromatic ring is 1. The van der Waals surface area contributed by atoms with Crippen molar-refractivity contribution < 1.29 is 4.39 Å². The van der Waals surface area contributed by atoms with Gasteiger partial charge in [0.2, 0.25) is 0 Å². The van der Waals surface area contributed by atoms with Crippen molar-refractivity contribution in [2.24, 2.45) is 5.92 Å². The minimum absolute atomic E-state index is 0.207. The Balaban J connectivity index is 2.11. The predicted molar refractivity (Wildman–Crippen MR) is 66.0 cm³/mol. The summed E-state index contributed by atoms with van der Waals surface area (Å²) in [6, 6.07) is 4.95. The molecule has 3 heteroatoms. The molecule has 0 atom stereocenters. The maximum atomic E-state index is 13.7. The van der Waals surface area contributed by atoms with Gasteiger partial charge in [0.1, 0.15) is 5.82 Å². The van der Waals surface area contributed by atoms with Crippen LogP contribution in [-0.2, 0) is 0 Å². The molecule has 16 heavy (non-hydrogen) atoms. The second kappa shape index (κ2) is 4.73. The molecule has 0 unspecified atom stereocenters. The van der Waals surface area contributed by atoms with Gasteiger partial charge >= 0.3 is 0 Å². The van der Waals surface area contributed by atoms with E-state index in [1.165, 1.54) is 25.3 Å². The van der Waals surface area contributed by atoms with Crippen LogP contribution in [-0.4, -0.2) is 13.1 Å². The second-order valence-corrected chi connectivity index (χ2v) is 4.55. The maximum absolute atomic E-state index is 13.7. The van der Waals surface area contributed by atoms with Gasteiger partial charge in [-0.2, -0.15) is 0 Å². The topological polar surface area (TPSA) is 29.3 Å². The summed E-state index contributed by atoms with van der Waals surface area (Å²) in [5.74, 6) is 0.540. The van der Waals surface area contributed by atoms with Gasteiger partial charge in [-0.3, -0.25) is 0 Å². The molecular formula is C13H19FN2. The van der Waals surface area contributed by atoms with E-state index in [-0.39, 0.29) is 5.82 Å². The van der Waals surface area contributed by atoms with Crippen molar-refractivity contribution >= 4 is 11.4 Å². The minimum atomic E-state index is -0.207. The maximum Gasteiger partial charge on any atom is 0.148 e. The number of hydrogen-bond acceptors (Lipinski definition) is 2. The predicted octanol–water partition coefficient (Wildman–Crippen LogP) is 3.03. The van der Waals surface area contributed by atoms with E-state index in [2.05, 4.69) is 11.8 Å². The molecule has 1 fully saturated rings. The number of anilines is 2. The molecule has 2 rings (SSSR count). The Morgan fingerprint density at radius 3 is 2.69 bits per heavy atom. The number of nitrogens with zero attached hydrogens (tertiary/aromatic N) is 1. The van der Waals surface area contributed by atoms with Crippen LogP contribution in [0.15, 0.2) is 18.2 Å². The monoisotopic (exact) mass is 222 g/mol. The van der Waals surface area contributed by atoms with Crippen LogP contribution in [0.4, 0.5) is 15.8 Å². The smallest absolute Gasteiger partial charge is 0.148 e. The van der Waals surface area contributed by atoms with Crippen LogP contribution in [0.3, 0.4) is 0 Å². The number of halogens is 1. The zero-order chi connectivity index (χ0) is 11.5. The Bertz CT molecular complexity index is 361. The average Bonchev–Trinajstić information content (AvgIpc) is 2.18. The van der Waals surface area contributed by atoms with E-state index in [4.69, 9.17) is 5.73 Å². The van der Waals surface area contributed by atoms with Crippen molar-refractivity contribution in [3.63, 3.8) is 0 Å². The highest BCUT2D eigenvalue weighted by atomic mass is 19.1. The fraction of sp³-hybridized carbons (Fsp3) is 0.538. The van der Waals surface area contributed by atoms with E-state index >= 15 is 0 Å². The van der Waals surface area contributed by atoms with Crippen molar-refractivity contribution in [1.82, 2.24) is 0 Å². The third-order valence-corrected chi connectivity index (χ3v) is 3.40. The highest BCUT2D eigenvalue weighted by molar-refractivity contribution is 5.54. The molecule has 1 saturated carbocycles. The van der Waals surface area contributed by atoms with Gasteiger partial charge in [0.05, 0.1) is 5.69 Å². The summed E-state index contributed by atoms with van der Waals surface area (Å²) in [6.45, 7) is 3.88. The lowest BCUT2D eigenvalue weighted by molar-refractivity contribution is 0.318. The van der Waals surface area contributed by atoms with Crippen LogP contribution in [0.2, 0.25) is 0 Å². The summed E-state index contributed by atoms with van der Waals surface area (Å²) in [7, 11) is 0. The van der Waals surface area contributed by atoms with E-state index in [1.807, 2.05) is 0 Å². The van der Waals surface area contributed by atoms with Crippen molar-refractivity contribution in [2.75, 3.05) is 23.7 Å². The zero-order valence-corrected chi connectivity index (χ0v) is 9.75. The molecule has 0 heterocycles. The van der Waals surface area contributed by atoms with Gasteiger partial charge in [0.25, 0.3) is 0 Å². The highest BCUT2D eigenvalue weighted by Gasteiger charge is 2.21. The normalized spacial score (nSPS) is 15.9. The first kappa shape index (κ1) is 11.2. The van der Waals surface area contributed by atoms with Crippen LogP contribution in [0.5, 0.6) is 0 Å². The first-order chi connectivity index (χ1) is 7.70. The fourth-order valence-electron chi connectivity index (χ4n) is 2.16. The number of hydrogen-bond donors (Lipinski definition) is 1. The van der Waals surface area contributed by atoms with Crippen LogP contribution in [0.25, 0.3) is 0 Å². The highest BCUT2D eigenvalue weighted by Crippen LogP contribution is 2.30. The van der Waals surface area contributed by atoms with Gasteiger partial charge in [-0.1, -0.05) is 6.42 Å². The molecule has 1 aliphatic carbocycles. The SMILES string of the molecule is CCN(CC1CCC1)c1ccc(N)cc1F. The third kappa shape index (κ3) is 2.29. The molecule has 1 aromatic carbocycles. The van der Waals surface area contributed by atoms with Gasteiger partial charge in [0.15, 0.2) is 0 Å². The molecule has 0 aliphatic heterocycles. The number of rotatable bonds is 4. The first-order valence-electron chi connectivity index (χ1n) is 6.00. The van der Waals surface area contributed by atoms with E-state index in [0.717, 1.165) is 19.0 Å². The van der Waals surface area contributed by atoms with Gasteiger partial charge in [-0.25, -0.2) is 4.39 Å². The molecule has 0 aromatic heterocycles. The zero-order valence-electron chi connectivity index (χ0n) is 9.75. The van der Waals surface area contributed by atoms with Crippen LogP contribution in [0.1, 0.15) is 26.2 Å². The minimum Gasteiger partial charge on any atom is -0.399 e. The summed E-state index contributed by atoms with van der Waals surface area (Å²) >= 11 is 0. The number of benzene rings is 1. The van der Waals surface area contributed by atoms with E-state index < -0.39 is 0 Å². The Labute approximate surface area is 96.2 Å². The Morgan fingerprint density at radius 2 is 2.19 bits per heavy atom. The summed E-state index contributed by atoms with van der Waals surface area (Å²) < 4.78 is 13.7. The molecular weight excluding hydrogens is 203 g/mol. The molecule has 1 aliphatic rings. The third-order valence-electron chi connectivity index (χ3n) is 3.40. The molecule has 0 saturated heterocycles. The van der Waals surface area contributed by atoms with Crippen molar-refractivity contribution in [3.8, 4) is 0 Å². The molecule has 2 nitrogen and oxygen atoms in total. The molecule has 1 aromatic rings. The largest absolute Gasteiger partial charge is 0.399 e. The van der Waals surface area contributed by atoms with E-state index in [9.17, 15) is 4.39 Å². The lowest BCUT2D eigenvalue weighted by Crippen LogP contribution is -2.32. The van der Waals surface area contributed by atoms with Gasteiger partial charge < -0.3 is 10.6 Å². The fourth-order valence-corrected chi connectivity index (χ4v) is 2.16. The van der Waals surface area contributed by atoms with Gasteiger partial charge in [-0.15, -0.1) is 0 Å². The van der Waals surface area contributed by atoms with E-state index in [1.54, 1.807) is 12.1 Å². The molecule has 0 bridgehead atoms. The van der Waals surface area contributed by atoms with E-state index in [0.29, 0.717) is 11.4 Å². The molecule has 0 radical (unpaired) electrons. The summed E-state index contributed by atoms with van der Waals surface area (Å²) in [6.07, 6.45) is 3.90. The molecule has 88 valence electrons. The van der Waals surface area contributed by atoms with Crippen molar-refractivity contribution in [2.45, 2.75) is 26.2 Å². The molecule has 0 spiro atoms. The van der Waals surface area contributed by atoms with Crippen molar-refractivity contribution in [3.05, 3.63) is 24.0 Å². The number of nitrogens with two attached hydrogens (primary N) is 1. The lowest BCUT2D eigenvalue weighted by atomic mass is 9.85. The Hall–Kier alpha value is -1.25. The quantitative estimate of drug-likeness (QED) is 0.793. The van der Waals surface area contributed by atoms with Crippen LogP contribution < -0.4 is 10.6 Å². The first-order valence-corrected chi connectivity index (χ1v) is 6.00. The summed E-state index contributed by atoms with van der Waals surface area (Å²) in [5, 5.41) is 0. The van der Waals surface area contributed by atoms with Crippen LogP contribution in [0, 0.1) is 11.7 Å². The second-order valence-electron chi connectivity index (χ2n) is 4.55. The average molecular weight is 222 g/mol.